The number of carbonyl (C=O) groups excluding carboxylic acids is 1. The minimum Gasteiger partial charge on any atom is -0.321 e. The van der Waals surface area contributed by atoms with Crippen LogP contribution in [-0.4, -0.2) is 19.0 Å². The smallest absolute Gasteiger partial charge is 0.321 e. The lowest BCUT2D eigenvalue weighted by Gasteiger charge is -2.30. The second-order valence-electron chi connectivity index (χ2n) is 7.98. The van der Waals surface area contributed by atoms with E-state index in [1.807, 2.05) is 48.5 Å². The summed E-state index contributed by atoms with van der Waals surface area (Å²) < 4.78 is 39.7. The van der Waals surface area contributed by atoms with Crippen LogP contribution in [0.25, 0.3) is 5.57 Å². The third-order valence-electron chi connectivity index (χ3n) is 5.81. The third kappa shape index (κ3) is 5.46. The van der Waals surface area contributed by atoms with E-state index in [1.54, 1.807) is 0 Å². The number of carbonyl (C=O) groups is 1. The molecule has 0 aliphatic carbocycles. The summed E-state index contributed by atoms with van der Waals surface area (Å²) in [6, 6.07) is 22.3. The summed E-state index contributed by atoms with van der Waals surface area (Å²) in [5.74, 6) is -0.358. The summed E-state index contributed by atoms with van der Waals surface area (Å²) in [5, 5.41) is 2.28. The highest BCUT2D eigenvalue weighted by Crippen LogP contribution is 2.36. The molecule has 33 heavy (non-hydrogen) atoms. The van der Waals surface area contributed by atoms with Crippen molar-refractivity contribution in [3.05, 3.63) is 107 Å². The number of halogens is 4. The summed E-state index contributed by atoms with van der Waals surface area (Å²) >= 11 is 5.72. The number of amides is 1. The van der Waals surface area contributed by atoms with Crippen molar-refractivity contribution < 1.29 is 22.9 Å². The molecule has 0 spiro atoms. The molecule has 1 aliphatic rings. The molecule has 7 heteroatoms. The van der Waals surface area contributed by atoms with Crippen molar-refractivity contribution in [3.63, 3.8) is 0 Å². The molecule has 3 aromatic rings. The minimum absolute atomic E-state index is 0.0644. The van der Waals surface area contributed by atoms with E-state index < -0.39 is 22.8 Å². The van der Waals surface area contributed by atoms with Gasteiger partial charge in [-0.1, -0.05) is 72.3 Å². The van der Waals surface area contributed by atoms with Gasteiger partial charge in [0.05, 0.1) is 23.7 Å². The Hall–Kier alpha value is -3.09. The molecular weight excluding hydrogens is 449 g/mol. The molecule has 3 nitrogen and oxygen atoms in total. The number of nitrogens with one attached hydrogen (secondary N) is 2. The predicted octanol–water partition coefficient (Wildman–Crippen LogP) is 5.41. The second-order valence-corrected chi connectivity index (χ2v) is 8.39. The van der Waals surface area contributed by atoms with Crippen LogP contribution in [0.5, 0.6) is 0 Å². The molecule has 1 amide bonds. The van der Waals surface area contributed by atoms with Crippen molar-refractivity contribution in [1.29, 1.82) is 0 Å². The van der Waals surface area contributed by atoms with Crippen molar-refractivity contribution >= 4 is 28.8 Å². The SMILES string of the molecule is O=C(Nc1ccc(Cl)c(C(F)(F)F)c1)[C@@H](c1ccccc1)[NH+]1CC=C(c2ccccc2)CC1. The van der Waals surface area contributed by atoms with Gasteiger partial charge >= 0.3 is 6.18 Å². The van der Waals surface area contributed by atoms with Gasteiger partial charge in [-0.15, -0.1) is 0 Å². The van der Waals surface area contributed by atoms with E-state index in [4.69, 9.17) is 11.6 Å². The highest BCUT2D eigenvalue weighted by atomic mass is 35.5. The van der Waals surface area contributed by atoms with Gasteiger partial charge in [0.2, 0.25) is 0 Å². The second kappa shape index (κ2) is 9.81. The lowest BCUT2D eigenvalue weighted by Crippen LogP contribution is -3.13. The van der Waals surface area contributed by atoms with Crippen LogP contribution in [0.15, 0.2) is 84.9 Å². The van der Waals surface area contributed by atoms with Gasteiger partial charge in [0.1, 0.15) is 0 Å². The van der Waals surface area contributed by atoms with E-state index in [0.29, 0.717) is 6.54 Å². The predicted molar refractivity (Wildman–Crippen MR) is 124 cm³/mol. The minimum atomic E-state index is -4.60. The molecule has 4 rings (SSSR count). The Bertz CT molecular complexity index is 1150. The third-order valence-corrected chi connectivity index (χ3v) is 6.14. The monoisotopic (exact) mass is 471 g/mol. The Balaban J connectivity index is 1.59. The van der Waals surface area contributed by atoms with E-state index in [-0.39, 0.29) is 11.6 Å². The molecule has 0 saturated heterocycles. The van der Waals surface area contributed by atoms with Gasteiger partial charge in [-0.05, 0) is 35.4 Å². The normalized spacial score (nSPS) is 17.2. The van der Waals surface area contributed by atoms with Gasteiger partial charge in [0.15, 0.2) is 6.04 Å². The highest BCUT2D eigenvalue weighted by Gasteiger charge is 2.35. The number of alkyl halides is 3. The first kappa shape index (κ1) is 23.1. The summed E-state index contributed by atoms with van der Waals surface area (Å²) in [7, 11) is 0. The summed E-state index contributed by atoms with van der Waals surface area (Å²) in [6.07, 6.45) is -1.66. The van der Waals surface area contributed by atoms with Crippen molar-refractivity contribution in [2.24, 2.45) is 0 Å². The van der Waals surface area contributed by atoms with Crippen molar-refractivity contribution in [1.82, 2.24) is 0 Å². The quantitative estimate of drug-likeness (QED) is 0.512. The van der Waals surface area contributed by atoms with E-state index in [0.717, 1.165) is 41.1 Å². The Labute approximate surface area is 195 Å². The maximum Gasteiger partial charge on any atom is 0.417 e. The molecule has 0 aromatic heterocycles. The average Bonchev–Trinajstić information content (AvgIpc) is 2.81. The van der Waals surface area contributed by atoms with Crippen LogP contribution >= 0.6 is 11.6 Å². The molecule has 1 heterocycles. The molecule has 0 saturated carbocycles. The van der Waals surface area contributed by atoms with Crippen LogP contribution in [0.3, 0.4) is 0 Å². The number of hydrogen-bond donors (Lipinski definition) is 2. The number of rotatable bonds is 5. The zero-order valence-electron chi connectivity index (χ0n) is 17.7. The molecule has 1 unspecified atom stereocenters. The van der Waals surface area contributed by atoms with Crippen LogP contribution in [0.2, 0.25) is 5.02 Å². The lowest BCUT2D eigenvalue weighted by atomic mass is 9.96. The van der Waals surface area contributed by atoms with Crippen LogP contribution in [0.4, 0.5) is 18.9 Å². The molecule has 0 bridgehead atoms. The molecule has 2 atom stereocenters. The van der Waals surface area contributed by atoms with Gasteiger partial charge < -0.3 is 10.2 Å². The van der Waals surface area contributed by atoms with Crippen LogP contribution in [-0.2, 0) is 11.0 Å². The standard InChI is InChI=1S/C26H22ClF3N2O/c27-23-12-11-21(17-22(23)26(28,29)30)31-25(33)24(20-9-5-2-6-10-20)32-15-13-19(14-16-32)18-7-3-1-4-8-18/h1-13,17,24H,14-16H2,(H,31,33)/p+1/t24-/m1/s1. The van der Waals surface area contributed by atoms with Gasteiger partial charge in [-0.25, -0.2) is 0 Å². The number of hydrogen-bond acceptors (Lipinski definition) is 1. The van der Waals surface area contributed by atoms with Crippen LogP contribution in [0, 0.1) is 0 Å². The lowest BCUT2D eigenvalue weighted by molar-refractivity contribution is -0.916. The first-order chi connectivity index (χ1) is 15.8. The maximum absolute atomic E-state index is 13.3. The number of quaternary nitrogens is 1. The summed E-state index contributed by atoms with van der Waals surface area (Å²) in [5.41, 5.74) is 2.30. The fourth-order valence-corrected chi connectivity index (χ4v) is 4.41. The van der Waals surface area contributed by atoms with Gasteiger partial charge in [0, 0.05) is 17.7 Å². The average molecular weight is 472 g/mol. The van der Waals surface area contributed by atoms with Crippen molar-refractivity contribution in [2.45, 2.75) is 18.6 Å². The van der Waals surface area contributed by atoms with E-state index >= 15 is 0 Å². The zero-order chi connectivity index (χ0) is 23.4. The van der Waals surface area contributed by atoms with Gasteiger partial charge in [0.25, 0.3) is 5.91 Å². The maximum atomic E-state index is 13.3. The first-order valence-electron chi connectivity index (χ1n) is 10.6. The molecule has 3 aromatic carbocycles. The molecule has 0 radical (unpaired) electrons. The van der Waals surface area contributed by atoms with Crippen molar-refractivity contribution in [3.8, 4) is 0 Å². The van der Waals surface area contributed by atoms with E-state index in [1.165, 1.54) is 11.6 Å². The molecule has 0 fully saturated rings. The summed E-state index contributed by atoms with van der Waals surface area (Å²) in [6.45, 7) is 1.35. The Morgan fingerprint density at radius 2 is 1.64 bits per heavy atom. The summed E-state index contributed by atoms with van der Waals surface area (Å²) in [4.78, 5) is 14.4. The van der Waals surface area contributed by atoms with Crippen LogP contribution < -0.4 is 10.2 Å². The Morgan fingerprint density at radius 1 is 0.970 bits per heavy atom. The van der Waals surface area contributed by atoms with Gasteiger partial charge in [-0.2, -0.15) is 13.2 Å². The fourth-order valence-electron chi connectivity index (χ4n) is 4.18. The van der Waals surface area contributed by atoms with E-state index in [2.05, 4.69) is 23.5 Å². The molecule has 1 aliphatic heterocycles. The topological polar surface area (TPSA) is 33.5 Å². The molecular formula is C26H23ClF3N2O+. The van der Waals surface area contributed by atoms with Gasteiger partial charge in [-0.3, -0.25) is 4.79 Å². The molecule has 170 valence electrons. The Kier molecular flexibility index (Phi) is 6.86. The van der Waals surface area contributed by atoms with E-state index in [9.17, 15) is 18.0 Å². The van der Waals surface area contributed by atoms with Crippen LogP contribution in [0.1, 0.15) is 29.2 Å². The Morgan fingerprint density at radius 3 is 2.24 bits per heavy atom. The first-order valence-corrected chi connectivity index (χ1v) is 11.0. The fraction of sp³-hybridized carbons (Fsp3) is 0.192. The molecule has 2 N–H and O–H groups in total. The number of benzene rings is 3. The largest absolute Gasteiger partial charge is 0.417 e. The van der Waals surface area contributed by atoms with Crippen molar-refractivity contribution in [2.75, 3.05) is 18.4 Å². The highest BCUT2D eigenvalue weighted by molar-refractivity contribution is 6.31. The zero-order valence-corrected chi connectivity index (χ0v) is 18.5. The number of anilines is 1.